The molecule has 2 heterocycles. The molecule has 2 aliphatic rings. The number of hydrogen-bond acceptors (Lipinski definition) is 7. The maximum atomic E-state index is 11.7. The Hall–Kier alpha value is -2.26. The van der Waals surface area contributed by atoms with Crippen LogP contribution in [0.5, 0.6) is 0 Å². The molecule has 4 rings (SSSR count). The number of rotatable bonds is 10. The van der Waals surface area contributed by atoms with E-state index in [0.29, 0.717) is 59.0 Å². The van der Waals surface area contributed by atoms with Gasteiger partial charge in [0.2, 0.25) is 0 Å². The van der Waals surface area contributed by atoms with Crippen LogP contribution in [0.2, 0.25) is 0 Å². The average Bonchev–Trinajstić information content (AvgIpc) is 2.83. The Bertz CT molecular complexity index is 814. The summed E-state index contributed by atoms with van der Waals surface area (Å²) in [6, 6.07) is 19.3. The van der Waals surface area contributed by atoms with E-state index in [9.17, 15) is 9.59 Å². The van der Waals surface area contributed by atoms with Crippen molar-refractivity contribution in [1.29, 1.82) is 0 Å². The van der Waals surface area contributed by atoms with Gasteiger partial charge in [-0.05, 0) is 11.1 Å². The van der Waals surface area contributed by atoms with Gasteiger partial charge in [0, 0.05) is 22.7 Å². The highest BCUT2D eigenvalue weighted by molar-refractivity contribution is 9.09. The molecule has 0 radical (unpaired) electrons. The maximum Gasteiger partial charge on any atom is 0.306 e. The maximum absolute atomic E-state index is 11.7. The lowest BCUT2D eigenvalue weighted by atomic mass is 9.83. The van der Waals surface area contributed by atoms with E-state index in [1.807, 2.05) is 60.7 Å². The average molecular weight is 534 g/mol. The van der Waals surface area contributed by atoms with Crippen LogP contribution < -0.4 is 5.73 Å². The van der Waals surface area contributed by atoms with Crippen LogP contribution in [0.15, 0.2) is 60.7 Å². The number of carbonyl (C=O) groups is 2. The van der Waals surface area contributed by atoms with Gasteiger partial charge in [0.15, 0.2) is 0 Å². The molecule has 7 nitrogen and oxygen atoms in total. The van der Waals surface area contributed by atoms with Crippen LogP contribution in [0, 0.1) is 10.8 Å². The number of esters is 2. The van der Waals surface area contributed by atoms with Gasteiger partial charge in [-0.25, -0.2) is 0 Å². The Morgan fingerprint density at radius 2 is 1.18 bits per heavy atom. The summed E-state index contributed by atoms with van der Waals surface area (Å²) in [6.45, 7) is 3.53. The second-order valence-corrected chi connectivity index (χ2v) is 9.53. The Labute approximate surface area is 209 Å². The van der Waals surface area contributed by atoms with E-state index in [1.54, 1.807) is 0 Å². The lowest BCUT2D eigenvalue weighted by Gasteiger charge is -2.39. The van der Waals surface area contributed by atoms with E-state index in [2.05, 4.69) is 15.9 Å². The Balaban J connectivity index is 0.000000191. The third-order valence-electron chi connectivity index (χ3n) is 5.87. The van der Waals surface area contributed by atoms with Gasteiger partial charge in [-0.3, -0.25) is 9.59 Å². The number of ether oxygens (including phenoxy) is 4. The lowest BCUT2D eigenvalue weighted by Crippen LogP contribution is -2.49. The number of benzene rings is 2. The van der Waals surface area contributed by atoms with Crippen molar-refractivity contribution >= 4 is 27.9 Å². The molecular weight excluding hydrogens is 502 g/mol. The first kappa shape index (κ1) is 26.3. The van der Waals surface area contributed by atoms with E-state index in [0.717, 1.165) is 16.5 Å². The Morgan fingerprint density at radius 1 is 0.765 bits per heavy atom. The van der Waals surface area contributed by atoms with Crippen molar-refractivity contribution in [2.24, 2.45) is 16.6 Å². The van der Waals surface area contributed by atoms with Crippen LogP contribution in [0.3, 0.4) is 0 Å². The number of carbonyl (C=O) groups excluding carboxylic acids is 2. The molecule has 0 amide bonds. The largest absolute Gasteiger partial charge is 0.461 e. The lowest BCUT2D eigenvalue weighted by molar-refractivity contribution is -0.161. The topological polar surface area (TPSA) is 97.1 Å². The third-order valence-corrected chi connectivity index (χ3v) is 7.06. The Kier molecular flexibility index (Phi) is 10.1. The molecule has 8 heteroatoms. The van der Waals surface area contributed by atoms with Crippen molar-refractivity contribution in [3.8, 4) is 0 Å². The summed E-state index contributed by atoms with van der Waals surface area (Å²) in [5.74, 6) is -0.362. The van der Waals surface area contributed by atoms with Gasteiger partial charge in [-0.1, -0.05) is 76.6 Å². The van der Waals surface area contributed by atoms with Gasteiger partial charge in [-0.2, -0.15) is 0 Å². The van der Waals surface area contributed by atoms with Crippen molar-refractivity contribution < 1.29 is 28.5 Å². The molecule has 0 atom stereocenters. The molecule has 2 fully saturated rings. The van der Waals surface area contributed by atoms with Crippen molar-refractivity contribution in [2.45, 2.75) is 26.1 Å². The predicted octanol–water partition coefficient (Wildman–Crippen LogP) is 3.63. The number of nitrogens with two attached hydrogens (primary N) is 1. The van der Waals surface area contributed by atoms with Gasteiger partial charge >= 0.3 is 11.9 Å². The molecule has 0 unspecified atom stereocenters. The molecular formula is C26H32BrNO6. The summed E-state index contributed by atoms with van der Waals surface area (Å²) in [6.07, 6.45) is 0.765. The molecule has 0 bridgehead atoms. The first-order valence-corrected chi connectivity index (χ1v) is 12.4. The van der Waals surface area contributed by atoms with Gasteiger partial charge < -0.3 is 24.7 Å². The number of alkyl halides is 1. The second-order valence-electron chi connectivity index (χ2n) is 8.97. The molecule has 0 aromatic heterocycles. The molecule has 0 saturated carbocycles. The van der Waals surface area contributed by atoms with Gasteiger partial charge in [-0.15, -0.1) is 0 Å². The minimum Gasteiger partial charge on any atom is -0.461 e. The summed E-state index contributed by atoms with van der Waals surface area (Å²) in [5, 5.41) is 0.778. The standard InChI is InChI=1S/C13H15BrO3.C13H17NO3/c2*14-8-13(9-16-10-13)6-12(15)17-7-11-4-2-1-3-5-11/h1-5H,6-10H2;1-5H,6-10,14H2. The van der Waals surface area contributed by atoms with Crippen LogP contribution in [-0.4, -0.2) is 50.2 Å². The van der Waals surface area contributed by atoms with Gasteiger partial charge in [0.05, 0.1) is 39.3 Å². The van der Waals surface area contributed by atoms with Crippen LogP contribution in [0.25, 0.3) is 0 Å². The molecule has 184 valence electrons. The van der Waals surface area contributed by atoms with E-state index in [1.165, 1.54) is 0 Å². The molecule has 2 N–H and O–H groups in total. The van der Waals surface area contributed by atoms with Crippen LogP contribution in [0.1, 0.15) is 24.0 Å². The number of hydrogen-bond donors (Lipinski definition) is 1. The van der Waals surface area contributed by atoms with Crippen molar-refractivity contribution in [3.63, 3.8) is 0 Å². The summed E-state index contributed by atoms with van der Waals surface area (Å²) in [7, 11) is 0. The third kappa shape index (κ3) is 7.91. The molecule has 2 aliphatic heterocycles. The molecule has 34 heavy (non-hydrogen) atoms. The molecule has 2 saturated heterocycles. The first-order valence-electron chi connectivity index (χ1n) is 11.3. The highest BCUT2D eigenvalue weighted by Gasteiger charge is 2.40. The minimum atomic E-state index is -0.206. The zero-order valence-electron chi connectivity index (χ0n) is 19.2. The van der Waals surface area contributed by atoms with E-state index in [-0.39, 0.29) is 22.8 Å². The zero-order chi connectivity index (χ0) is 24.3. The Morgan fingerprint density at radius 3 is 1.50 bits per heavy atom. The van der Waals surface area contributed by atoms with Gasteiger partial charge in [0.25, 0.3) is 0 Å². The van der Waals surface area contributed by atoms with Crippen LogP contribution in [0.4, 0.5) is 0 Å². The first-order chi connectivity index (χ1) is 16.5. The quantitative estimate of drug-likeness (QED) is 0.367. The predicted molar refractivity (Wildman–Crippen MR) is 131 cm³/mol. The summed E-state index contributed by atoms with van der Waals surface area (Å²) < 4.78 is 20.7. The van der Waals surface area contributed by atoms with E-state index < -0.39 is 0 Å². The highest BCUT2D eigenvalue weighted by Crippen LogP contribution is 2.34. The fourth-order valence-corrected chi connectivity index (χ4v) is 4.01. The van der Waals surface area contributed by atoms with Crippen molar-refractivity contribution in [2.75, 3.05) is 38.3 Å². The number of halogens is 1. The summed E-state index contributed by atoms with van der Waals surface area (Å²) >= 11 is 3.42. The van der Waals surface area contributed by atoms with E-state index in [4.69, 9.17) is 24.7 Å². The fraction of sp³-hybridized carbons (Fsp3) is 0.462. The molecule has 2 aromatic rings. The zero-order valence-corrected chi connectivity index (χ0v) is 20.8. The highest BCUT2D eigenvalue weighted by atomic mass is 79.9. The minimum absolute atomic E-state index is 0.0478. The molecule has 0 aliphatic carbocycles. The van der Waals surface area contributed by atoms with Crippen LogP contribution >= 0.6 is 15.9 Å². The normalized spacial score (nSPS) is 17.2. The van der Waals surface area contributed by atoms with Crippen LogP contribution in [-0.2, 0) is 41.8 Å². The second kappa shape index (κ2) is 13.0. The van der Waals surface area contributed by atoms with Crippen molar-refractivity contribution in [1.82, 2.24) is 0 Å². The summed E-state index contributed by atoms with van der Waals surface area (Å²) in [4.78, 5) is 23.3. The monoisotopic (exact) mass is 533 g/mol. The smallest absolute Gasteiger partial charge is 0.306 e. The molecule has 2 aromatic carbocycles. The molecule has 0 spiro atoms. The van der Waals surface area contributed by atoms with E-state index >= 15 is 0 Å². The van der Waals surface area contributed by atoms with Gasteiger partial charge in [0.1, 0.15) is 13.2 Å². The summed E-state index contributed by atoms with van der Waals surface area (Å²) in [5.41, 5.74) is 7.41. The fourth-order valence-electron chi connectivity index (χ4n) is 3.49. The van der Waals surface area contributed by atoms with Crippen molar-refractivity contribution in [3.05, 3.63) is 71.8 Å². The SMILES string of the molecule is NCC1(CC(=O)OCc2ccccc2)COC1.O=C(CC1(CBr)COC1)OCc1ccccc1.